The lowest BCUT2D eigenvalue weighted by Crippen LogP contribution is -2.51. The van der Waals surface area contributed by atoms with Gasteiger partial charge < -0.3 is 20.3 Å². The van der Waals surface area contributed by atoms with E-state index in [1.807, 2.05) is 17.9 Å². The van der Waals surface area contributed by atoms with E-state index in [1.54, 1.807) is 0 Å². The molecule has 0 radical (unpaired) electrons. The van der Waals surface area contributed by atoms with Crippen LogP contribution in [0.5, 0.6) is 6.01 Å². The highest BCUT2D eigenvalue weighted by atomic mass is 19.1. The van der Waals surface area contributed by atoms with Gasteiger partial charge in [0.25, 0.3) is 0 Å². The van der Waals surface area contributed by atoms with Crippen molar-refractivity contribution in [2.45, 2.75) is 44.1 Å². The molecule has 11 nitrogen and oxygen atoms in total. The molecule has 4 heterocycles. The molecular weight excluding hydrogens is 429 g/mol. The Bertz CT molecular complexity index is 1160. The average molecular weight is 453 g/mol. The molecule has 3 N–H and O–H groups in total. The van der Waals surface area contributed by atoms with Crippen LogP contribution in [0.15, 0.2) is 24.4 Å². The number of aromatic amines is 1. The summed E-state index contributed by atoms with van der Waals surface area (Å²) in [7, 11) is 1.47. The Labute approximate surface area is 189 Å². The summed E-state index contributed by atoms with van der Waals surface area (Å²) in [6, 6.07) is 4.73. The van der Waals surface area contributed by atoms with Gasteiger partial charge in [0.2, 0.25) is 23.8 Å². The van der Waals surface area contributed by atoms with Crippen LogP contribution in [-0.2, 0) is 4.79 Å². The van der Waals surface area contributed by atoms with Crippen molar-refractivity contribution in [1.29, 1.82) is 0 Å². The quantitative estimate of drug-likeness (QED) is 0.462. The number of amides is 1. The molecule has 0 aromatic carbocycles. The summed E-state index contributed by atoms with van der Waals surface area (Å²) in [5.41, 5.74) is 0.566. The largest absolute Gasteiger partial charge is 0.467 e. The first-order valence-electron chi connectivity index (χ1n) is 10.8. The summed E-state index contributed by atoms with van der Waals surface area (Å²) in [5, 5.41) is 13.2. The van der Waals surface area contributed by atoms with Gasteiger partial charge in [-0.05, 0) is 44.7 Å². The van der Waals surface area contributed by atoms with Crippen LogP contribution in [0.1, 0.15) is 44.2 Å². The third-order valence-corrected chi connectivity index (χ3v) is 6.00. The fraction of sp³-hybridized carbons (Fsp3) is 0.429. The highest BCUT2D eigenvalue weighted by Crippen LogP contribution is 2.40. The predicted octanol–water partition coefficient (Wildman–Crippen LogP) is 2.76. The van der Waals surface area contributed by atoms with Crippen molar-refractivity contribution in [3.63, 3.8) is 0 Å². The number of aromatic nitrogens is 6. The Morgan fingerprint density at radius 2 is 2.15 bits per heavy atom. The predicted molar refractivity (Wildman–Crippen MR) is 118 cm³/mol. The van der Waals surface area contributed by atoms with Gasteiger partial charge in [-0.2, -0.15) is 24.4 Å². The van der Waals surface area contributed by atoms with E-state index in [0.29, 0.717) is 36.3 Å². The molecule has 1 saturated carbocycles. The Hall–Kier alpha value is -3.83. The molecule has 12 heteroatoms. The van der Waals surface area contributed by atoms with Crippen LogP contribution in [0.3, 0.4) is 0 Å². The maximum Gasteiger partial charge on any atom is 0.322 e. The first-order valence-corrected chi connectivity index (χ1v) is 10.8. The van der Waals surface area contributed by atoms with Crippen LogP contribution in [0.25, 0.3) is 0 Å². The first-order chi connectivity index (χ1) is 15.9. The number of hydrogen-bond donors (Lipinski definition) is 3. The van der Waals surface area contributed by atoms with Crippen molar-refractivity contribution >= 4 is 29.3 Å². The number of anilines is 4. The van der Waals surface area contributed by atoms with Gasteiger partial charge in [0, 0.05) is 24.2 Å². The zero-order valence-corrected chi connectivity index (χ0v) is 18.3. The molecule has 5 rings (SSSR count). The maximum absolute atomic E-state index is 13.2. The van der Waals surface area contributed by atoms with Gasteiger partial charge >= 0.3 is 6.01 Å². The van der Waals surface area contributed by atoms with E-state index >= 15 is 0 Å². The molecule has 2 aliphatic rings. The van der Waals surface area contributed by atoms with Crippen molar-refractivity contribution in [1.82, 2.24) is 30.1 Å². The van der Waals surface area contributed by atoms with Crippen LogP contribution in [-0.4, -0.2) is 55.2 Å². The summed E-state index contributed by atoms with van der Waals surface area (Å²) in [4.78, 5) is 31.8. The number of hydrogen-bond acceptors (Lipinski definition) is 9. The topological polar surface area (TPSA) is 134 Å². The van der Waals surface area contributed by atoms with Crippen LogP contribution in [0.4, 0.5) is 27.8 Å². The van der Waals surface area contributed by atoms with E-state index in [0.717, 1.165) is 25.0 Å². The molecular formula is C21H24FN9O2. The van der Waals surface area contributed by atoms with Crippen LogP contribution < -0.4 is 20.3 Å². The number of carbonyl (C=O) groups excluding carboxylic acids is 1. The number of ether oxygens (including phenoxy) is 1. The van der Waals surface area contributed by atoms with Crippen LogP contribution in [0.2, 0.25) is 0 Å². The number of rotatable bonds is 7. The summed E-state index contributed by atoms with van der Waals surface area (Å²) in [5.74, 6) is 0.847. The Morgan fingerprint density at radius 1 is 1.30 bits per heavy atom. The third kappa shape index (κ3) is 4.28. The fourth-order valence-corrected chi connectivity index (χ4v) is 3.97. The third-order valence-electron chi connectivity index (χ3n) is 6.00. The lowest BCUT2D eigenvalue weighted by atomic mass is 9.97. The number of halogens is 1. The van der Waals surface area contributed by atoms with Gasteiger partial charge in [0.05, 0.1) is 19.0 Å². The minimum atomic E-state index is -0.927. The van der Waals surface area contributed by atoms with Crippen molar-refractivity contribution < 1.29 is 13.9 Å². The number of nitrogens with zero attached hydrogens (tertiary/aromatic N) is 6. The zero-order chi connectivity index (χ0) is 23.0. The molecule has 3 aromatic heterocycles. The second kappa shape index (κ2) is 8.26. The molecule has 0 bridgehead atoms. The molecule has 172 valence electrons. The van der Waals surface area contributed by atoms with E-state index in [4.69, 9.17) is 4.74 Å². The average Bonchev–Trinajstić information content (AvgIpc) is 3.43. The molecule has 1 saturated heterocycles. The summed E-state index contributed by atoms with van der Waals surface area (Å²) in [6.45, 7) is 2.40. The smallest absolute Gasteiger partial charge is 0.322 e. The number of methoxy groups -OCH3 is 1. The summed E-state index contributed by atoms with van der Waals surface area (Å²) >= 11 is 0. The molecule has 0 unspecified atom stereocenters. The first kappa shape index (κ1) is 21.0. The number of pyridine rings is 1. The monoisotopic (exact) mass is 453 g/mol. The highest BCUT2D eigenvalue weighted by Gasteiger charge is 2.45. The lowest BCUT2D eigenvalue weighted by molar-refractivity contribution is -0.120. The zero-order valence-electron chi connectivity index (χ0n) is 18.3. The van der Waals surface area contributed by atoms with Crippen molar-refractivity contribution in [3.05, 3.63) is 36.0 Å². The standard InChI is InChI=1S/C21H24FN9O2/c1-21(17(32)24-13-6-7-15(22)23-11-13)8-3-9-31(21)19-26-18(27-20(28-19)33-2)25-16-10-14(29-30-16)12-4-5-12/h6-7,10-12H,3-5,8-9H2,1-2H3,(H,24,32)(H2,25,26,27,28,29,30)/t21-/m0/s1. The molecule has 1 aliphatic heterocycles. The minimum absolute atomic E-state index is 0.123. The second-order valence-corrected chi connectivity index (χ2v) is 8.41. The number of nitrogens with one attached hydrogen (secondary N) is 3. The van der Waals surface area contributed by atoms with E-state index in [2.05, 4.69) is 40.8 Å². The maximum atomic E-state index is 13.2. The van der Waals surface area contributed by atoms with Crippen LogP contribution in [0, 0.1) is 5.95 Å². The summed E-state index contributed by atoms with van der Waals surface area (Å²) < 4.78 is 18.4. The Balaban J connectivity index is 1.39. The van der Waals surface area contributed by atoms with Crippen molar-refractivity contribution in [3.8, 4) is 6.01 Å². The Kier molecular flexibility index (Phi) is 5.27. The molecule has 2 fully saturated rings. The molecule has 0 spiro atoms. The van der Waals surface area contributed by atoms with Gasteiger partial charge in [-0.3, -0.25) is 9.89 Å². The molecule has 1 atom stereocenters. The SMILES string of the molecule is COc1nc(Nc2cc(C3CC3)[nH]n2)nc(N2CCC[C@@]2(C)C(=O)Nc2ccc(F)nc2)n1. The number of carbonyl (C=O) groups is 1. The Morgan fingerprint density at radius 3 is 2.88 bits per heavy atom. The second-order valence-electron chi connectivity index (χ2n) is 8.41. The fourth-order valence-electron chi connectivity index (χ4n) is 3.97. The highest BCUT2D eigenvalue weighted by molar-refractivity contribution is 6.00. The van der Waals surface area contributed by atoms with Crippen molar-refractivity contribution in [2.24, 2.45) is 0 Å². The van der Waals surface area contributed by atoms with E-state index in [1.165, 1.54) is 25.4 Å². The van der Waals surface area contributed by atoms with Gasteiger partial charge in [-0.1, -0.05) is 0 Å². The number of H-pyrrole nitrogens is 1. The van der Waals surface area contributed by atoms with Gasteiger partial charge in [0.1, 0.15) is 5.54 Å². The van der Waals surface area contributed by atoms with E-state index in [9.17, 15) is 9.18 Å². The van der Waals surface area contributed by atoms with Gasteiger partial charge in [0.15, 0.2) is 5.82 Å². The molecule has 1 aliphatic carbocycles. The molecule has 1 amide bonds. The lowest BCUT2D eigenvalue weighted by Gasteiger charge is -2.33. The summed E-state index contributed by atoms with van der Waals surface area (Å²) in [6.07, 6.45) is 4.97. The molecule has 33 heavy (non-hydrogen) atoms. The van der Waals surface area contributed by atoms with E-state index < -0.39 is 11.5 Å². The van der Waals surface area contributed by atoms with Crippen LogP contribution >= 0.6 is 0 Å². The van der Waals surface area contributed by atoms with Gasteiger partial charge in [-0.15, -0.1) is 0 Å². The van der Waals surface area contributed by atoms with Gasteiger partial charge in [-0.25, -0.2) is 4.98 Å². The normalized spacial score (nSPS) is 20.0. The van der Waals surface area contributed by atoms with Crippen molar-refractivity contribution in [2.75, 3.05) is 29.2 Å². The van der Waals surface area contributed by atoms with E-state index in [-0.39, 0.29) is 17.9 Å². The molecule has 3 aromatic rings. The minimum Gasteiger partial charge on any atom is -0.467 e.